The Kier molecular flexibility index (Phi) is 6.74. The van der Waals surface area contributed by atoms with Crippen LogP contribution < -0.4 is 10.9 Å². The SMILES string of the molecule is CN(C1CCCCC1)S(=O)(=O)c1ccc(C(=O)Nc2nc(-c3cc4ccccc4oc3=O)cs2)cc1. The fourth-order valence-corrected chi connectivity index (χ4v) is 6.57. The fraction of sp³-hybridized carbons (Fsp3) is 0.269. The molecule has 10 heteroatoms. The van der Waals surface area contributed by atoms with Gasteiger partial charge in [-0.1, -0.05) is 37.5 Å². The zero-order valence-electron chi connectivity index (χ0n) is 19.6. The molecular weight excluding hydrogens is 498 g/mol. The smallest absolute Gasteiger partial charge is 0.345 e. The first-order valence-electron chi connectivity index (χ1n) is 11.7. The molecule has 0 radical (unpaired) electrons. The van der Waals surface area contributed by atoms with Crippen LogP contribution in [0.15, 0.2) is 74.1 Å². The van der Waals surface area contributed by atoms with Crippen LogP contribution in [0.25, 0.3) is 22.2 Å². The molecule has 1 N–H and O–H groups in total. The summed E-state index contributed by atoms with van der Waals surface area (Å²) in [5.41, 5.74) is 0.998. The largest absolute Gasteiger partial charge is 0.422 e. The van der Waals surface area contributed by atoms with E-state index in [-0.39, 0.29) is 10.9 Å². The Morgan fingerprint density at radius 3 is 2.56 bits per heavy atom. The summed E-state index contributed by atoms with van der Waals surface area (Å²) in [4.78, 5) is 29.7. The van der Waals surface area contributed by atoms with E-state index >= 15 is 0 Å². The molecule has 2 aromatic heterocycles. The molecule has 0 unspecified atom stereocenters. The summed E-state index contributed by atoms with van der Waals surface area (Å²) < 4.78 is 32.9. The van der Waals surface area contributed by atoms with Gasteiger partial charge in [-0.2, -0.15) is 4.31 Å². The van der Waals surface area contributed by atoms with Crippen molar-refractivity contribution >= 4 is 43.4 Å². The average molecular weight is 524 g/mol. The molecule has 0 spiro atoms. The number of fused-ring (bicyclic) bond motifs is 1. The van der Waals surface area contributed by atoms with Gasteiger partial charge >= 0.3 is 5.63 Å². The first-order chi connectivity index (χ1) is 17.3. The molecule has 2 heterocycles. The van der Waals surface area contributed by atoms with Crippen molar-refractivity contribution in [1.29, 1.82) is 0 Å². The molecule has 1 saturated carbocycles. The van der Waals surface area contributed by atoms with E-state index in [1.54, 1.807) is 30.6 Å². The summed E-state index contributed by atoms with van der Waals surface area (Å²) in [5.74, 6) is -0.425. The van der Waals surface area contributed by atoms with Crippen molar-refractivity contribution in [2.24, 2.45) is 0 Å². The molecule has 1 aliphatic carbocycles. The molecule has 0 aliphatic heterocycles. The van der Waals surface area contributed by atoms with Gasteiger partial charge in [0, 0.05) is 29.4 Å². The van der Waals surface area contributed by atoms with Crippen LogP contribution >= 0.6 is 11.3 Å². The lowest BCUT2D eigenvalue weighted by Crippen LogP contribution is -2.38. The summed E-state index contributed by atoms with van der Waals surface area (Å²) >= 11 is 1.18. The number of aromatic nitrogens is 1. The molecule has 1 amide bonds. The van der Waals surface area contributed by atoms with Gasteiger partial charge in [0.15, 0.2) is 5.13 Å². The van der Waals surface area contributed by atoms with Crippen LogP contribution in [0.5, 0.6) is 0 Å². The van der Waals surface area contributed by atoms with Crippen LogP contribution in [0.2, 0.25) is 0 Å². The minimum absolute atomic E-state index is 0.0101. The van der Waals surface area contributed by atoms with Crippen molar-refractivity contribution in [3.05, 3.63) is 76.0 Å². The Hall–Kier alpha value is -3.34. The highest BCUT2D eigenvalue weighted by atomic mass is 32.2. The van der Waals surface area contributed by atoms with Gasteiger partial charge in [0.2, 0.25) is 10.0 Å². The number of para-hydroxylation sites is 1. The predicted molar refractivity (Wildman–Crippen MR) is 140 cm³/mol. The number of rotatable bonds is 6. The van der Waals surface area contributed by atoms with Crippen molar-refractivity contribution in [1.82, 2.24) is 9.29 Å². The number of nitrogens with one attached hydrogen (secondary N) is 1. The maximum Gasteiger partial charge on any atom is 0.345 e. The van der Waals surface area contributed by atoms with Crippen LogP contribution in [-0.2, 0) is 10.0 Å². The number of carbonyl (C=O) groups is 1. The van der Waals surface area contributed by atoms with Gasteiger partial charge in [0.1, 0.15) is 5.58 Å². The quantitative estimate of drug-likeness (QED) is 0.351. The third-order valence-corrected chi connectivity index (χ3v) is 9.21. The molecule has 0 saturated heterocycles. The lowest BCUT2D eigenvalue weighted by Gasteiger charge is -2.30. The molecule has 0 bridgehead atoms. The predicted octanol–water partition coefficient (Wildman–Crippen LogP) is 5.12. The first-order valence-corrected chi connectivity index (χ1v) is 14.0. The van der Waals surface area contributed by atoms with Crippen LogP contribution in [0, 0.1) is 0 Å². The molecule has 8 nitrogen and oxygen atoms in total. The maximum atomic E-state index is 13.0. The highest BCUT2D eigenvalue weighted by Crippen LogP contribution is 2.28. The Morgan fingerprint density at radius 2 is 1.81 bits per heavy atom. The van der Waals surface area contributed by atoms with Gasteiger partial charge in [-0.25, -0.2) is 18.2 Å². The molecular formula is C26H25N3O5S2. The summed E-state index contributed by atoms with van der Waals surface area (Å²) in [5, 5.41) is 5.48. The van der Waals surface area contributed by atoms with Crippen LogP contribution in [-0.4, -0.2) is 36.7 Å². The number of carbonyl (C=O) groups excluding carboxylic acids is 1. The summed E-state index contributed by atoms with van der Waals surface area (Å²) in [6.45, 7) is 0. The van der Waals surface area contributed by atoms with Crippen molar-refractivity contribution in [3.63, 3.8) is 0 Å². The minimum atomic E-state index is -3.63. The number of benzene rings is 2. The normalized spacial score (nSPS) is 14.8. The number of amides is 1. The highest BCUT2D eigenvalue weighted by Gasteiger charge is 2.29. The Bertz CT molecular complexity index is 1570. The molecule has 186 valence electrons. The summed E-state index contributed by atoms with van der Waals surface area (Å²) in [6.07, 6.45) is 4.95. The molecule has 0 atom stereocenters. The third-order valence-electron chi connectivity index (χ3n) is 6.52. The van der Waals surface area contributed by atoms with Gasteiger partial charge in [-0.3, -0.25) is 10.1 Å². The van der Waals surface area contributed by atoms with E-state index in [9.17, 15) is 18.0 Å². The van der Waals surface area contributed by atoms with Gasteiger partial charge in [-0.05, 0) is 49.2 Å². The van der Waals surface area contributed by atoms with E-state index in [4.69, 9.17) is 4.42 Å². The zero-order valence-corrected chi connectivity index (χ0v) is 21.3. The second kappa shape index (κ2) is 9.96. The van der Waals surface area contributed by atoms with E-state index in [0.717, 1.165) is 37.5 Å². The number of nitrogens with zero attached hydrogens (tertiary/aromatic N) is 2. The van der Waals surface area contributed by atoms with Crippen LogP contribution in [0.1, 0.15) is 42.5 Å². The second-order valence-corrected chi connectivity index (χ2v) is 11.7. The zero-order chi connectivity index (χ0) is 25.3. The van der Waals surface area contributed by atoms with Crippen molar-refractivity contribution < 1.29 is 17.6 Å². The van der Waals surface area contributed by atoms with E-state index < -0.39 is 21.6 Å². The van der Waals surface area contributed by atoms with Crippen molar-refractivity contribution in [3.8, 4) is 11.3 Å². The number of hydrogen-bond acceptors (Lipinski definition) is 7. The van der Waals surface area contributed by atoms with Crippen LogP contribution in [0.4, 0.5) is 5.13 Å². The van der Waals surface area contributed by atoms with Gasteiger partial charge in [0.05, 0.1) is 16.2 Å². The minimum Gasteiger partial charge on any atom is -0.422 e. The van der Waals surface area contributed by atoms with E-state index in [0.29, 0.717) is 27.5 Å². The first kappa shape index (κ1) is 24.4. The molecule has 4 aromatic rings. The van der Waals surface area contributed by atoms with Gasteiger partial charge in [0.25, 0.3) is 5.91 Å². The lowest BCUT2D eigenvalue weighted by molar-refractivity contribution is 0.102. The monoisotopic (exact) mass is 523 g/mol. The number of thiazole rings is 1. The second-order valence-electron chi connectivity index (χ2n) is 8.81. The number of anilines is 1. The van der Waals surface area contributed by atoms with Crippen molar-refractivity contribution in [2.75, 3.05) is 12.4 Å². The van der Waals surface area contributed by atoms with E-state index in [1.807, 2.05) is 12.1 Å². The molecule has 1 fully saturated rings. The molecule has 1 aliphatic rings. The molecule has 36 heavy (non-hydrogen) atoms. The average Bonchev–Trinajstić information content (AvgIpc) is 3.36. The maximum absolute atomic E-state index is 13.0. The standard InChI is InChI=1S/C26H25N3O5S2/c1-29(19-8-3-2-4-9-19)36(32,33)20-13-11-17(12-14-20)24(30)28-26-27-22(16-35-26)21-15-18-7-5-6-10-23(18)34-25(21)31/h5-7,10-16,19H,2-4,8-9H2,1H3,(H,27,28,30). The Balaban J connectivity index is 1.30. The number of sulfonamides is 1. The summed E-state index contributed by atoms with van der Waals surface area (Å²) in [6, 6.07) is 14.8. The van der Waals surface area contributed by atoms with E-state index in [1.165, 1.54) is 39.9 Å². The number of hydrogen-bond donors (Lipinski definition) is 1. The third kappa shape index (κ3) is 4.84. The lowest BCUT2D eigenvalue weighted by atomic mass is 9.96. The summed E-state index contributed by atoms with van der Waals surface area (Å²) in [7, 11) is -2.01. The van der Waals surface area contributed by atoms with Crippen molar-refractivity contribution in [2.45, 2.75) is 43.0 Å². The molecule has 2 aromatic carbocycles. The fourth-order valence-electron chi connectivity index (χ4n) is 4.45. The Labute approximate surface area is 212 Å². The van der Waals surface area contributed by atoms with Gasteiger partial charge < -0.3 is 4.42 Å². The van der Waals surface area contributed by atoms with Gasteiger partial charge in [-0.15, -0.1) is 11.3 Å². The Morgan fingerprint density at radius 1 is 1.08 bits per heavy atom. The van der Waals surface area contributed by atoms with Crippen LogP contribution in [0.3, 0.4) is 0 Å². The molecule has 5 rings (SSSR count). The highest BCUT2D eigenvalue weighted by molar-refractivity contribution is 7.89. The topological polar surface area (TPSA) is 110 Å². The van der Waals surface area contributed by atoms with E-state index in [2.05, 4.69) is 10.3 Å².